The Morgan fingerprint density at radius 1 is 1.13 bits per heavy atom. The largest absolute Gasteiger partial charge is 0.338 e. The number of piperazine rings is 1. The van der Waals surface area contributed by atoms with E-state index in [1.165, 1.54) is 4.31 Å². The molecule has 3 rings (SSSR count). The highest BCUT2D eigenvalue weighted by molar-refractivity contribution is 7.89. The molecule has 23 heavy (non-hydrogen) atoms. The van der Waals surface area contributed by atoms with Crippen LogP contribution in [-0.4, -0.2) is 58.7 Å². The zero-order valence-electron chi connectivity index (χ0n) is 13.3. The van der Waals surface area contributed by atoms with Crippen LogP contribution in [0.2, 0.25) is 0 Å². The summed E-state index contributed by atoms with van der Waals surface area (Å²) in [4.78, 5) is 10.7. The summed E-state index contributed by atoms with van der Waals surface area (Å²) in [6, 6.07) is 1.76. The van der Waals surface area contributed by atoms with Crippen molar-refractivity contribution in [1.82, 2.24) is 24.1 Å². The van der Waals surface area contributed by atoms with Crippen LogP contribution in [0.25, 0.3) is 0 Å². The van der Waals surface area contributed by atoms with Gasteiger partial charge in [-0.25, -0.2) is 18.4 Å². The highest BCUT2D eigenvalue weighted by Gasteiger charge is 2.31. The molecule has 8 nitrogen and oxygen atoms in total. The first-order chi connectivity index (χ1) is 11.0. The van der Waals surface area contributed by atoms with Gasteiger partial charge in [0.2, 0.25) is 16.0 Å². The Bertz CT molecular complexity index is 766. The molecule has 124 valence electrons. The SMILES string of the molecule is CCn1cc(S(=O)(=O)N2CCN(c3ncccn3)CC2)c(C)n1. The van der Waals surface area contributed by atoms with E-state index in [1.807, 2.05) is 11.8 Å². The first kappa shape index (κ1) is 15.9. The summed E-state index contributed by atoms with van der Waals surface area (Å²) in [5.41, 5.74) is 0.542. The second-order valence-corrected chi connectivity index (χ2v) is 7.28. The summed E-state index contributed by atoms with van der Waals surface area (Å²) in [6.07, 6.45) is 4.99. The molecule has 2 aromatic heterocycles. The zero-order chi connectivity index (χ0) is 16.4. The van der Waals surface area contributed by atoms with Gasteiger partial charge in [-0.05, 0) is 19.9 Å². The monoisotopic (exact) mass is 336 g/mol. The molecular weight excluding hydrogens is 316 g/mol. The fraction of sp³-hybridized carbons (Fsp3) is 0.500. The van der Waals surface area contributed by atoms with E-state index in [1.54, 1.807) is 36.3 Å². The Hall–Kier alpha value is -2.00. The first-order valence-electron chi connectivity index (χ1n) is 7.58. The van der Waals surface area contributed by atoms with E-state index < -0.39 is 10.0 Å². The lowest BCUT2D eigenvalue weighted by Gasteiger charge is -2.33. The van der Waals surface area contributed by atoms with Crippen molar-refractivity contribution in [3.05, 3.63) is 30.4 Å². The molecule has 0 aromatic carbocycles. The zero-order valence-corrected chi connectivity index (χ0v) is 14.1. The fourth-order valence-corrected chi connectivity index (χ4v) is 4.23. The van der Waals surface area contributed by atoms with Crippen molar-refractivity contribution in [1.29, 1.82) is 0 Å². The Morgan fingerprint density at radius 3 is 2.35 bits per heavy atom. The minimum Gasteiger partial charge on any atom is -0.338 e. The quantitative estimate of drug-likeness (QED) is 0.809. The van der Waals surface area contributed by atoms with Gasteiger partial charge < -0.3 is 4.90 Å². The molecule has 0 spiro atoms. The molecule has 0 aliphatic carbocycles. The van der Waals surface area contributed by atoms with E-state index in [0.29, 0.717) is 49.3 Å². The van der Waals surface area contributed by atoms with Crippen LogP contribution in [0.3, 0.4) is 0 Å². The third-order valence-electron chi connectivity index (χ3n) is 3.92. The lowest BCUT2D eigenvalue weighted by molar-refractivity contribution is 0.382. The number of hydrogen-bond acceptors (Lipinski definition) is 6. The van der Waals surface area contributed by atoms with Gasteiger partial charge >= 0.3 is 0 Å². The van der Waals surface area contributed by atoms with Crippen LogP contribution in [0.4, 0.5) is 5.95 Å². The van der Waals surface area contributed by atoms with Crippen molar-refractivity contribution in [2.24, 2.45) is 0 Å². The Labute approximate surface area is 135 Å². The molecule has 0 unspecified atom stereocenters. The summed E-state index contributed by atoms with van der Waals surface area (Å²) in [5, 5.41) is 4.23. The summed E-state index contributed by atoms with van der Waals surface area (Å²) in [7, 11) is -3.51. The summed E-state index contributed by atoms with van der Waals surface area (Å²) in [5.74, 6) is 0.638. The number of anilines is 1. The molecule has 1 fully saturated rings. The molecule has 3 heterocycles. The normalized spacial score (nSPS) is 16.7. The summed E-state index contributed by atoms with van der Waals surface area (Å²) < 4.78 is 28.8. The maximum atomic E-state index is 12.8. The maximum absolute atomic E-state index is 12.8. The van der Waals surface area contributed by atoms with Crippen molar-refractivity contribution in [3.8, 4) is 0 Å². The van der Waals surface area contributed by atoms with Gasteiger partial charge in [0.25, 0.3) is 0 Å². The van der Waals surface area contributed by atoms with Gasteiger partial charge in [0, 0.05) is 51.3 Å². The fourth-order valence-electron chi connectivity index (χ4n) is 2.64. The van der Waals surface area contributed by atoms with Gasteiger partial charge in [-0.2, -0.15) is 9.40 Å². The summed E-state index contributed by atoms with van der Waals surface area (Å²) >= 11 is 0. The van der Waals surface area contributed by atoms with E-state index in [4.69, 9.17) is 0 Å². The standard InChI is InChI=1S/C14H20N6O2S/c1-3-19-11-13(12(2)17-19)23(21,22)20-9-7-18(8-10-20)14-15-5-4-6-16-14/h4-6,11H,3,7-10H2,1-2H3. The van der Waals surface area contributed by atoms with Crippen molar-refractivity contribution < 1.29 is 8.42 Å². The van der Waals surface area contributed by atoms with Crippen molar-refractivity contribution in [2.45, 2.75) is 25.3 Å². The third-order valence-corrected chi connectivity index (χ3v) is 5.92. The minimum atomic E-state index is -3.51. The Balaban J connectivity index is 1.75. The molecule has 9 heteroatoms. The number of aryl methyl sites for hydroxylation is 2. The lowest BCUT2D eigenvalue weighted by atomic mass is 10.4. The predicted octanol–water partition coefficient (Wildman–Crippen LogP) is 0.512. The number of sulfonamides is 1. The molecule has 0 bridgehead atoms. The van der Waals surface area contributed by atoms with Crippen molar-refractivity contribution in [2.75, 3.05) is 31.1 Å². The Morgan fingerprint density at radius 2 is 1.78 bits per heavy atom. The highest BCUT2D eigenvalue weighted by atomic mass is 32.2. The molecule has 0 amide bonds. The third kappa shape index (κ3) is 3.06. The van der Waals surface area contributed by atoms with Crippen LogP contribution in [0, 0.1) is 6.92 Å². The topological polar surface area (TPSA) is 84.2 Å². The van der Waals surface area contributed by atoms with Gasteiger partial charge in [0.1, 0.15) is 4.90 Å². The van der Waals surface area contributed by atoms with E-state index in [-0.39, 0.29) is 0 Å². The van der Waals surface area contributed by atoms with Crippen molar-refractivity contribution in [3.63, 3.8) is 0 Å². The molecule has 0 N–H and O–H groups in total. The van der Waals surface area contributed by atoms with E-state index in [9.17, 15) is 8.42 Å². The number of rotatable bonds is 4. The van der Waals surface area contributed by atoms with Crippen LogP contribution in [-0.2, 0) is 16.6 Å². The predicted molar refractivity (Wildman–Crippen MR) is 85.6 cm³/mol. The Kier molecular flexibility index (Phi) is 4.31. The molecule has 1 aliphatic rings. The summed E-state index contributed by atoms with van der Waals surface area (Å²) in [6.45, 7) is 6.28. The number of nitrogens with zero attached hydrogens (tertiary/aromatic N) is 6. The van der Waals surface area contributed by atoms with Crippen LogP contribution < -0.4 is 4.90 Å². The van der Waals surface area contributed by atoms with Crippen LogP contribution in [0.15, 0.2) is 29.6 Å². The minimum absolute atomic E-state index is 0.295. The van der Waals surface area contributed by atoms with Gasteiger partial charge in [-0.15, -0.1) is 0 Å². The van der Waals surface area contributed by atoms with Gasteiger partial charge in [0.05, 0.1) is 5.69 Å². The molecule has 0 saturated carbocycles. The van der Waals surface area contributed by atoms with E-state index in [2.05, 4.69) is 15.1 Å². The average Bonchev–Trinajstić information content (AvgIpc) is 2.97. The average molecular weight is 336 g/mol. The van der Waals surface area contributed by atoms with E-state index >= 15 is 0 Å². The van der Waals surface area contributed by atoms with Crippen LogP contribution in [0.1, 0.15) is 12.6 Å². The molecular formula is C14H20N6O2S. The maximum Gasteiger partial charge on any atom is 0.246 e. The second kappa shape index (κ2) is 6.25. The van der Waals surface area contributed by atoms with Gasteiger partial charge in [-0.3, -0.25) is 4.68 Å². The molecule has 1 aliphatic heterocycles. The molecule has 2 aromatic rings. The molecule has 1 saturated heterocycles. The second-order valence-electron chi connectivity index (χ2n) is 5.37. The number of aromatic nitrogens is 4. The highest BCUT2D eigenvalue weighted by Crippen LogP contribution is 2.21. The van der Waals surface area contributed by atoms with Crippen LogP contribution in [0.5, 0.6) is 0 Å². The number of hydrogen-bond donors (Lipinski definition) is 0. The lowest BCUT2D eigenvalue weighted by Crippen LogP contribution is -2.49. The van der Waals surface area contributed by atoms with Crippen LogP contribution >= 0.6 is 0 Å². The molecule has 0 atom stereocenters. The first-order valence-corrected chi connectivity index (χ1v) is 9.02. The van der Waals surface area contributed by atoms with Crippen molar-refractivity contribution >= 4 is 16.0 Å². The van der Waals surface area contributed by atoms with Gasteiger partial charge in [0.15, 0.2) is 0 Å². The van der Waals surface area contributed by atoms with Gasteiger partial charge in [-0.1, -0.05) is 0 Å². The molecule has 0 radical (unpaired) electrons. The smallest absolute Gasteiger partial charge is 0.246 e. The van der Waals surface area contributed by atoms with E-state index in [0.717, 1.165) is 0 Å².